The quantitative estimate of drug-likeness (QED) is 0.462. The van der Waals surface area contributed by atoms with Gasteiger partial charge in [0.05, 0.1) is 13.8 Å². The molecule has 0 spiro atoms. The van der Waals surface area contributed by atoms with Gasteiger partial charge < -0.3 is 4.74 Å². The second-order valence-electron chi connectivity index (χ2n) is 4.51. The van der Waals surface area contributed by atoms with Crippen LogP contribution >= 0.6 is 0 Å². The van der Waals surface area contributed by atoms with Gasteiger partial charge in [0.25, 0.3) is 0 Å². The van der Waals surface area contributed by atoms with Crippen molar-refractivity contribution in [3.8, 4) is 5.75 Å². The van der Waals surface area contributed by atoms with E-state index in [9.17, 15) is 0 Å². The topological polar surface area (TPSA) is 50.5 Å². The molecular formula is C13H23N3O. The molecule has 0 fully saturated rings. The molecule has 1 aromatic carbocycles. The van der Waals surface area contributed by atoms with Crippen LogP contribution in [-0.4, -0.2) is 25.7 Å². The monoisotopic (exact) mass is 237 g/mol. The molecule has 0 amide bonds. The van der Waals surface area contributed by atoms with Gasteiger partial charge >= 0.3 is 0 Å². The number of ether oxygens (including phenoxy) is 1. The standard InChI is InChI=1S/C13H23N3O/c1-9-6-12(7-16(4)8-15-14)10(2)11(3)13(9)17-5/h6,15H,7-8,14H2,1-5H3. The number of hydrazine groups is 1. The van der Waals surface area contributed by atoms with E-state index >= 15 is 0 Å². The number of rotatable bonds is 5. The molecule has 1 rings (SSSR count). The van der Waals surface area contributed by atoms with Crippen LogP contribution in [-0.2, 0) is 6.54 Å². The van der Waals surface area contributed by atoms with Crippen molar-refractivity contribution in [2.45, 2.75) is 27.3 Å². The van der Waals surface area contributed by atoms with Crippen LogP contribution in [0.15, 0.2) is 6.07 Å². The highest BCUT2D eigenvalue weighted by Gasteiger charge is 2.11. The van der Waals surface area contributed by atoms with E-state index in [1.807, 2.05) is 7.05 Å². The highest BCUT2D eigenvalue weighted by molar-refractivity contribution is 5.48. The van der Waals surface area contributed by atoms with E-state index in [1.54, 1.807) is 7.11 Å². The summed E-state index contributed by atoms with van der Waals surface area (Å²) in [5, 5.41) is 0. The van der Waals surface area contributed by atoms with Gasteiger partial charge in [0, 0.05) is 6.54 Å². The van der Waals surface area contributed by atoms with Crippen LogP contribution < -0.4 is 16.0 Å². The molecule has 4 nitrogen and oxygen atoms in total. The summed E-state index contributed by atoms with van der Waals surface area (Å²) < 4.78 is 5.42. The van der Waals surface area contributed by atoms with Crippen molar-refractivity contribution in [1.82, 2.24) is 10.3 Å². The lowest BCUT2D eigenvalue weighted by atomic mass is 9.98. The van der Waals surface area contributed by atoms with Gasteiger partial charge in [-0.1, -0.05) is 6.07 Å². The molecule has 0 aromatic heterocycles. The fourth-order valence-corrected chi connectivity index (χ4v) is 2.12. The molecule has 0 atom stereocenters. The normalized spacial score (nSPS) is 11.0. The highest BCUT2D eigenvalue weighted by atomic mass is 16.5. The first-order valence-corrected chi connectivity index (χ1v) is 5.77. The number of hydrogen-bond donors (Lipinski definition) is 2. The molecule has 0 radical (unpaired) electrons. The van der Waals surface area contributed by atoms with Crippen molar-refractivity contribution in [2.75, 3.05) is 20.8 Å². The molecular weight excluding hydrogens is 214 g/mol. The lowest BCUT2D eigenvalue weighted by molar-refractivity contribution is 0.300. The fourth-order valence-electron chi connectivity index (χ4n) is 2.12. The second-order valence-corrected chi connectivity index (χ2v) is 4.51. The predicted octanol–water partition coefficient (Wildman–Crippen LogP) is 1.47. The zero-order valence-corrected chi connectivity index (χ0v) is 11.4. The first kappa shape index (κ1) is 14.0. The van der Waals surface area contributed by atoms with Crippen molar-refractivity contribution < 1.29 is 4.74 Å². The SMILES string of the molecule is COc1c(C)cc(CN(C)CNN)c(C)c1C. The van der Waals surface area contributed by atoms with E-state index in [-0.39, 0.29) is 0 Å². The molecule has 0 aliphatic rings. The molecule has 0 saturated heterocycles. The molecule has 0 aliphatic heterocycles. The second kappa shape index (κ2) is 6.00. The number of aryl methyl sites for hydroxylation is 1. The average molecular weight is 237 g/mol. The Balaban J connectivity index is 3.02. The molecule has 0 bridgehead atoms. The van der Waals surface area contributed by atoms with E-state index in [4.69, 9.17) is 10.6 Å². The van der Waals surface area contributed by atoms with Crippen molar-refractivity contribution >= 4 is 0 Å². The number of nitrogens with zero attached hydrogens (tertiary/aromatic N) is 1. The molecule has 3 N–H and O–H groups in total. The van der Waals surface area contributed by atoms with E-state index < -0.39 is 0 Å². The van der Waals surface area contributed by atoms with Gasteiger partial charge in [0.1, 0.15) is 5.75 Å². The van der Waals surface area contributed by atoms with Crippen LogP contribution in [0.2, 0.25) is 0 Å². The predicted molar refractivity (Wildman–Crippen MR) is 70.9 cm³/mol. The van der Waals surface area contributed by atoms with Crippen LogP contribution in [0, 0.1) is 20.8 Å². The Kier molecular flexibility index (Phi) is 4.93. The minimum Gasteiger partial charge on any atom is -0.496 e. The number of hydrogen-bond acceptors (Lipinski definition) is 4. The third kappa shape index (κ3) is 3.19. The van der Waals surface area contributed by atoms with Crippen LogP contribution in [0.1, 0.15) is 22.3 Å². The van der Waals surface area contributed by atoms with E-state index in [0.717, 1.165) is 12.3 Å². The summed E-state index contributed by atoms with van der Waals surface area (Å²) in [5.74, 6) is 6.31. The molecule has 0 aliphatic carbocycles. The van der Waals surface area contributed by atoms with Crippen LogP contribution in [0.5, 0.6) is 5.75 Å². The van der Waals surface area contributed by atoms with Crippen molar-refractivity contribution in [1.29, 1.82) is 0 Å². The maximum absolute atomic E-state index is 5.42. The summed E-state index contributed by atoms with van der Waals surface area (Å²) in [6, 6.07) is 2.19. The zero-order chi connectivity index (χ0) is 13.0. The van der Waals surface area contributed by atoms with Gasteiger partial charge in [-0.2, -0.15) is 0 Å². The van der Waals surface area contributed by atoms with E-state index in [1.165, 1.54) is 22.3 Å². The summed E-state index contributed by atoms with van der Waals surface area (Å²) in [6.07, 6.45) is 0. The number of methoxy groups -OCH3 is 1. The summed E-state index contributed by atoms with van der Waals surface area (Å²) in [5.41, 5.74) is 7.67. The van der Waals surface area contributed by atoms with E-state index in [2.05, 4.69) is 37.2 Å². The number of benzene rings is 1. The van der Waals surface area contributed by atoms with Crippen molar-refractivity contribution in [3.63, 3.8) is 0 Å². The lowest BCUT2D eigenvalue weighted by Crippen LogP contribution is -2.35. The number of nitrogens with two attached hydrogens (primary N) is 1. The molecule has 96 valence electrons. The van der Waals surface area contributed by atoms with Crippen LogP contribution in [0.25, 0.3) is 0 Å². The minimum atomic E-state index is 0.670. The molecule has 0 heterocycles. The Labute approximate surface area is 104 Å². The Morgan fingerprint density at radius 2 is 1.94 bits per heavy atom. The number of nitrogens with one attached hydrogen (secondary N) is 1. The average Bonchev–Trinajstić information content (AvgIpc) is 2.26. The summed E-state index contributed by atoms with van der Waals surface area (Å²) in [4.78, 5) is 2.13. The summed E-state index contributed by atoms with van der Waals surface area (Å²) >= 11 is 0. The molecule has 4 heteroatoms. The Hall–Kier alpha value is -1.10. The minimum absolute atomic E-state index is 0.670. The van der Waals surface area contributed by atoms with Gasteiger partial charge in [-0.3, -0.25) is 10.7 Å². The third-order valence-electron chi connectivity index (χ3n) is 3.14. The first-order valence-electron chi connectivity index (χ1n) is 5.77. The molecule has 0 unspecified atom stereocenters. The largest absolute Gasteiger partial charge is 0.496 e. The smallest absolute Gasteiger partial charge is 0.124 e. The van der Waals surface area contributed by atoms with Crippen LogP contribution in [0.3, 0.4) is 0 Å². The summed E-state index contributed by atoms with van der Waals surface area (Å²) in [6.45, 7) is 7.86. The van der Waals surface area contributed by atoms with E-state index in [0.29, 0.717) is 6.67 Å². The Morgan fingerprint density at radius 3 is 2.47 bits per heavy atom. The maximum atomic E-state index is 5.42. The first-order chi connectivity index (χ1) is 8.01. The zero-order valence-electron chi connectivity index (χ0n) is 11.4. The Morgan fingerprint density at radius 1 is 1.29 bits per heavy atom. The van der Waals surface area contributed by atoms with Gasteiger partial charge in [-0.25, -0.2) is 5.43 Å². The van der Waals surface area contributed by atoms with Crippen LogP contribution in [0.4, 0.5) is 0 Å². The van der Waals surface area contributed by atoms with Gasteiger partial charge in [0.2, 0.25) is 0 Å². The Bertz CT molecular complexity index is 391. The molecule has 17 heavy (non-hydrogen) atoms. The summed E-state index contributed by atoms with van der Waals surface area (Å²) in [7, 11) is 3.76. The van der Waals surface area contributed by atoms with Crippen molar-refractivity contribution in [3.05, 3.63) is 28.3 Å². The maximum Gasteiger partial charge on any atom is 0.124 e. The van der Waals surface area contributed by atoms with Gasteiger partial charge in [0.15, 0.2) is 0 Å². The van der Waals surface area contributed by atoms with Crippen molar-refractivity contribution in [2.24, 2.45) is 5.84 Å². The van der Waals surface area contributed by atoms with Gasteiger partial charge in [-0.15, -0.1) is 0 Å². The molecule has 0 saturated carbocycles. The third-order valence-corrected chi connectivity index (χ3v) is 3.14. The molecule has 1 aromatic rings. The lowest BCUT2D eigenvalue weighted by Gasteiger charge is -2.20. The fraction of sp³-hybridized carbons (Fsp3) is 0.538. The van der Waals surface area contributed by atoms with Gasteiger partial charge in [-0.05, 0) is 50.1 Å². The highest BCUT2D eigenvalue weighted by Crippen LogP contribution is 2.28.